The third kappa shape index (κ3) is 4.31. The standard InChI is InChI=1S/C21H18BrN5O2S/c1-13-3-8-17(14(2)11-13)30-20-19-25-27(21(29)26(19)10-9-23-20)12-18(28)24-16-6-4-15(22)5-7-16/h3-11H,12H2,1-2H3,(H,24,28). The highest BCUT2D eigenvalue weighted by Crippen LogP contribution is 2.31. The molecule has 4 rings (SSSR count). The van der Waals surface area contributed by atoms with Crippen LogP contribution < -0.4 is 11.0 Å². The summed E-state index contributed by atoms with van der Waals surface area (Å²) >= 11 is 4.80. The van der Waals surface area contributed by atoms with Crippen LogP contribution in [0.3, 0.4) is 0 Å². The zero-order valence-corrected chi connectivity index (χ0v) is 18.7. The first-order chi connectivity index (χ1) is 14.4. The molecule has 2 aromatic heterocycles. The van der Waals surface area contributed by atoms with Crippen molar-refractivity contribution in [1.82, 2.24) is 19.2 Å². The minimum atomic E-state index is -0.388. The van der Waals surface area contributed by atoms with E-state index in [0.29, 0.717) is 16.4 Å². The van der Waals surface area contributed by atoms with Crippen LogP contribution in [0.5, 0.6) is 0 Å². The maximum absolute atomic E-state index is 12.7. The lowest BCUT2D eigenvalue weighted by Crippen LogP contribution is -2.28. The Morgan fingerprint density at radius 3 is 2.67 bits per heavy atom. The second-order valence-corrected chi connectivity index (χ2v) is 8.74. The Morgan fingerprint density at radius 2 is 1.93 bits per heavy atom. The molecule has 0 radical (unpaired) electrons. The van der Waals surface area contributed by atoms with Crippen LogP contribution in [0, 0.1) is 13.8 Å². The number of halogens is 1. The maximum atomic E-state index is 12.7. The molecule has 0 aliphatic rings. The van der Waals surface area contributed by atoms with E-state index in [9.17, 15) is 9.59 Å². The summed E-state index contributed by atoms with van der Waals surface area (Å²) in [4.78, 5) is 30.5. The Labute approximate surface area is 185 Å². The molecule has 152 valence electrons. The van der Waals surface area contributed by atoms with Gasteiger partial charge < -0.3 is 5.32 Å². The van der Waals surface area contributed by atoms with E-state index in [1.54, 1.807) is 24.5 Å². The minimum Gasteiger partial charge on any atom is -0.324 e. The van der Waals surface area contributed by atoms with Gasteiger partial charge in [-0.1, -0.05) is 45.4 Å². The molecule has 0 aliphatic heterocycles. The van der Waals surface area contributed by atoms with Crippen molar-refractivity contribution in [2.75, 3.05) is 5.32 Å². The number of amides is 1. The quantitative estimate of drug-likeness (QED) is 0.462. The fourth-order valence-corrected chi connectivity index (χ4v) is 4.16. The number of rotatable bonds is 5. The summed E-state index contributed by atoms with van der Waals surface area (Å²) < 4.78 is 3.47. The van der Waals surface area contributed by atoms with E-state index in [1.807, 2.05) is 38.1 Å². The molecule has 0 saturated heterocycles. The number of aryl methyl sites for hydroxylation is 2. The number of nitrogens with zero attached hydrogens (tertiary/aromatic N) is 4. The number of carbonyl (C=O) groups is 1. The number of aromatic nitrogens is 4. The van der Waals surface area contributed by atoms with Crippen LogP contribution in [0.15, 0.2) is 74.0 Å². The molecule has 0 unspecified atom stereocenters. The van der Waals surface area contributed by atoms with Crippen molar-refractivity contribution in [2.24, 2.45) is 0 Å². The van der Waals surface area contributed by atoms with Crippen molar-refractivity contribution in [3.05, 3.63) is 80.9 Å². The van der Waals surface area contributed by atoms with Gasteiger partial charge in [-0.25, -0.2) is 18.9 Å². The number of nitrogens with one attached hydrogen (secondary N) is 1. The normalized spacial score (nSPS) is 11.0. The van der Waals surface area contributed by atoms with E-state index >= 15 is 0 Å². The summed E-state index contributed by atoms with van der Waals surface area (Å²) in [5.41, 5.74) is 2.98. The molecule has 7 nitrogen and oxygen atoms in total. The molecule has 2 aromatic carbocycles. The topological polar surface area (TPSA) is 81.3 Å². The molecule has 2 heterocycles. The second-order valence-electron chi connectivity index (χ2n) is 6.79. The molecule has 1 N–H and O–H groups in total. The monoisotopic (exact) mass is 483 g/mol. The van der Waals surface area contributed by atoms with E-state index in [-0.39, 0.29) is 18.1 Å². The van der Waals surface area contributed by atoms with Gasteiger partial charge in [0.2, 0.25) is 5.91 Å². The summed E-state index contributed by atoms with van der Waals surface area (Å²) in [5.74, 6) is -0.334. The van der Waals surface area contributed by atoms with Crippen LogP contribution in [-0.2, 0) is 11.3 Å². The van der Waals surface area contributed by atoms with Crippen LogP contribution in [0.1, 0.15) is 11.1 Å². The molecule has 0 saturated carbocycles. The predicted octanol–water partition coefficient (Wildman–Crippen LogP) is 4.06. The van der Waals surface area contributed by atoms with Gasteiger partial charge >= 0.3 is 5.69 Å². The first kappa shape index (κ1) is 20.4. The third-order valence-corrected chi connectivity index (χ3v) is 6.12. The average molecular weight is 484 g/mol. The number of anilines is 1. The van der Waals surface area contributed by atoms with Crippen molar-refractivity contribution in [2.45, 2.75) is 30.3 Å². The lowest BCUT2D eigenvalue weighted by molar-refractivity contribution is -0.117. The minimum absolute atomic E-state index is 0.190. The Hall–Kier alpha value is -2.91. The molecule has 0 atom stereocenters. The van der Waals surface area contributed by atoms with Crippen LogP contribution >= 0.6 is 27.7 Å². The number of fused-ring (bicyclic) bond motifs is 1. The van der Waals surface area contributed by atoms with E-state index in [0.717, 1.165) is 19.6 Å². The predicted molar refractivity (Wildman–Crippen MR) is 120 cm³/mol. The van der Waals surface area contributed by atoms with Gasteiger partial charge in [-0.3, -0.25) is 4.79 Å². The lowest BCUT2D eigenvalue weighted by Gasteiger charge is -2.06. The highest BCUT2D eigenvalue weighted by molar-refractivity contribution is 9.10. The summed E-state index contributed by atoms with van der Waals surface area (Å²) in [6, 6.07) is 13.4. The average Bonchev–Trinajstić information content (AvgIpc) is 3.02. The number of benzene rings is 2. The van der Waals surface area contributed by atoms with Gasteiger partial charge in [-0.15, -0.1) is 5.10 Å². The van der Waals surface area contributed by atoms with Gasteiger partial charge in [0.25, 0.3) is 0 Å². The summed E-state index contributed by atoms with van der Waals surface area (Å²) in [7, 11) is 0. The molecular formula is C21H18BrN5O2S. The van der Waals surface area contributed by atoms with Gasteiger partial charge in [0.05, 0.1) is 0 Å². The molecule has 0 fully saturated rings. The van der Waals surface area contributed by atoms with Crippen molar-refractivity contribution in [1.29, 1.82) is 0 Å². The fraction of sp³-hybridized carbons (Fsp3) is 0.143. The van der Waals surface area contributed by atoms with Crippen LogP contribution in [0.4, 0.5) is 5.69 Å². The maximum Gasteiger partial charge on any atom is 0.350 e. The second kappa shape index (κ2) is 8.45. The molecule has 0 aliphatic carbocycles. The van der Waals surface area contributed by atoms with Gasteiger partial charge in [0, 0.05) is 27.4 Å². The van der Waals surface area contributed by atoms with Gasteiger partial charge in [-0.05, 0) is 49.7 Å². The molecule has 0 bridgehead atoms. The number of hydrogen-bond acceptors (Lipinski definition) is 5. The Kier molecular flexibility index (Phi) is 5.74. The van der Waals surface area contributed by atoms with E-state index in [2.05, 4.69) is 37.4 Å². The first-order valence-corrected chi connectivity index (χ1v) is 10.8. The zero-order valence-electron chi connectivity index (χ0n) is 16.3. The first-order valence-electron chi connectivity index (χ1n) is 9.15. The number of hydrogen-bond donors (Lipinski definition) is 1. The SMILES string of the molecule is Cc1ccc(Sc2nccn3c(=O)n(CC(=O)Nc4ccc(Br)cc4)nc23)c(C)c1. The van der Waals surface area contributed by atoms with Gasteiger partial charge in [0.1, 0.15) is 11.6 Å². The Balaban J connectivity index is 1.60. The highest BCUT2D eigenvalue weighted by Gasteiger charge is 2.15. The Bertz CT molecular complexity index is 1300. The summed E-state index contributed by atoms with van der Waals surface area (Å²) in [6.07, 6.45) is 3.12. The van der Waals surface area contributed by atoms with Crippen LogP contribution in [-0.4, -0.2) is 25.1 Å². The van der Waals surface area contributed by atoms with Crippen molar-refractivity contribution in [3.63, 3.8) is 0 Å². The third-order valence-electron chi connectivity index (χ3n) is 4.43. The molecule has 0 spiro atoms. The van der Waals surface area contributed by atoms with E-state index in [1.165, 1.54) is 21.7 Å². The van der Waals surface area contributed by atoms with Gasteiger partial charge in [0.15, 0.2) is 5.65 Å². The summed E-state index contributed by atoms with van der Waals surface area (Å²) in [6.45, 7) is 3.89. The molecule has 30 heavy (non-hydrogen) atoms. The molecular weight excluding hydrogens is 466 g/mol. The van der Waals surface area contributed by atoms with Crippen LogP contribution in [0.25, 0.3) is 5.65 Å². The van der Waals surface area contributed by atoms with Gasteiger partial charge in [-0.2, -0.15) is 0 Å². The lowest BCUT2D eigenvalue weighted by atomic mass is 10.2. The Morgan fingerprint density at radius 1 is 1.17 bits per heavy atom. The largest absolute Gasteiger partial charge is 0.350 e. The molecule has 4 aromatic rings. The molecule has 9 heteroatoms. The van der Waals surface area contributed by atoms with E-state index < -0.39 is 0 Å². The molecule has 1 amide bonds. The van der Waals surface area contributed by atoms with Crippen molar-refractivity contribution >= 4 is 44.9 Å². The number of carbonyl (C=O) groups excluding carboxylic acids is 1. The summed E-state index contributed by atoms with van der Waals surface area (Å²) in [5, 5.41) is 7.74. The zero-order chi connectivity index (χ0) is 21.3. The fourth-order valence-electron chi connectivity index (χ4n) is 2.99. The van der Waals surface area contributed by atoms with Crippen molar-refractivity contribution in [3.8, 4) is 0 Å². The van der Waals surface area contributed by atoms with E-state index in [4.69, 9.17) is 0 Å². The van der Waals surface area contributed by atoms with Crippen LogP contribution in [0.2, 0.25) is 0 Å². The smallest absolute Gasteiger partial charge is 0.324 e. The highest BCUT2D eigenvalue weighted by atomic mass is 79.9. The van der Waals surface area contributed by atoms with Crippen molar-refractivity contribution < 1.29 is 4.79 Å².